The van der Waals surface area contributed by atoms with Crippen LogP contribution < -0.4 is 4.90 Å². The predicted octanol–water partition coefficient (Wildman–Crippen LogP) is 4.24. The van der Waals surface area contributed by atoms with Gasteiger partial charge in [-0.2, -0.15) is 0 Å². The van der Waals surface area contributed by atoms with Crippen LogP contribution in [0.25, 0.3) is 6.08 Å². The summed E-state index contributed by atoms with van der Waals surface area (Å²) in [5.74, 6) is 0.0226. The zero-order chi connectivity index (χ0) is 19.0. The number of nitrogens with zero attached hydrogens (tertiary/aromatic N) is 2. The van der Waals surface area contributed by atoms with Crippen molar-refractivity contribution >= 4 is 23.6 Å². The molecule has 0 radical (unpaired) electrons. The van der Waals surface area contributed by atoms with E-state index in [4.69, 9.17) is 0 Å². The predicted molar refractivity (Wildman–Crippen MR) is 107 cm³/mol. The quantitative estimate of drug-likeness (QED) is 0.804. The van der Waals surface area contributed by atoms with Gasteiger partial charge in [-0.1, -0.05) is 42.0 Å². The molecule has 1 atom stereocenters. The van der Waals surface area contributed by atoms with Crippen molar-refractivity contribution in [3.63, 3.8) is 0 Å². The first-order valence-corrected chi connectivity index (χ1v) is 9.50. The fourth-order valence-corrected chi connectivity index (χ4v) is 4.17. The molecule has 0 aromatic heterocycles. The average molecular weight is 360 g/mol. The van der Waals surface area contributed by atoms with E-state index >= 15 is 0 Å². The van der Waals surface area contributed by atoms with Crippen LogP contribution in [0.5, 0.6) is 0 Å². The van der Waals surface area contributed by atoms with Crippen LogP contribution in [0.15, 0.2) is 48.7 Å². The van der Waals surface area contributed by atoms with Crippen molar-refractivity contribution in [2.45, 2.75) is 39.2 Å². The monoisotopic (exact) mass is 360 g/mol. The van der Waals surface area contributed by atoms with Crippen LogP contribution in [0.4, 0.5) is 5.69 Å². The largest absolute Gasteiger partial charge is 0.312 e. The highest BCUT2D eigenvalue weighted by molar-refractivity contribution is 5.95. The molecule has 0 saturated heterocycles. The number of benzene rings is 2. The van der Waals surface area contributed by atoms with Gasteiger partial charge in [-0.3, -0.25) is 9.59 Å². The fourth-order valence-electron chi connectivity index (χ4n) is 4.17. The normalized spacial score (nSPS) is 18.1. The number of anilines is 1. The van der Waals surface area contributed by atoms with Gasteiger partial charge in [0.25, 0.3) is 0 Å². The maximum absolute atomic E-state index is 13.3. The Morgan fingerprint density at radius 1 is 1.15 bits per heavy atom. The first kappa shape index (κ1) is 17.5. The second-order valence-electron chi connectivity index (χ2n) is 7.37. The molecule has 2 amide bonds. The van der Waals surface area contributed by atoms with E-state index in [1.165, 1.54) is 11.1 Å². The molecule has 4 rings (SSSR count). The van der Waals surface area contributed by atoms with Crippen molar-refractivity contribution in [1.29, 1.82) is 0 Å². The van der Waals surface area contributed by atoms with Gasteiger partial charge in [0.15, 0.2) is 0 Å². The summed E-state index contributed by atoms with van der Waals surface area (Å²) < 4.78 is 0. The van der Waals surface area contributed by atoms with Crippen LogP contribution in [-0.2, 0) is 16.0 Å². The summed E-state index contributed by atoms with van der Waals surface area (Å²) >= 11 is 0. The standard InChI is InChI=1S/C23H24N2O2/c1-16-9-10-21-19(14-16)7-5-12-25(21)23(27)15-22-20-8-4-3-6-18(20)11-13-24(22)17(2)26/h3-4,6,8-11,13-14,22H,5,7,12,15H2,1-2H3. The molecule has 2 aromatic carbocycles. The molecule has 4 heteroatoms. The lowest BCUT2D eigenvalue weighted by molar-refractivity contribution is -0.129. The third-order valence-corrected chi connectivity index (χ3v) is 5.49. The highest BCUT2D eigenvalue weighted by Gasteiger charge is 2.31. The van der Waals surface area contributed by atoms with E-state index in [0.717, 1.165) is 36.2 Å². The lowest BCUT2D eigenvalue weighted by atomic mass is 9.92. The molecule has 4 nitrogen and oxygen atoms in total. The van der Waals surface area contributed by atoms with E-state index in [1.54, 1.807) is 18.0 Å². The Kier molecular flexibility index (Phi) is 4.56. The highest BCUT2D eigenvalue weighted by Crippen LogP contribution is 2.35. The SMILES string of the molecule is CC(=O)N1C=Cc2ccccc2C1CC(=O)N1CCCc2cc(C)ccc21. The zero-order valence-corrected chi connectivity index (χ0v) is 15.8. The number of hydrogen-bond donors (Lipinski definition) is 0. The molecule has 2 aliphatic rings. The fraction of sp³-hybridized carbons (Fsp3) is 0.304. The molecular weight excluding hydrogens is 336 g/mol. The van der Waals surface area contributed by atoms with Gasteiger partial charge in [-0.15, -0.1) is 0 Å². The lowest BCUT2D eigenvalue weighted by Gasteiger charge is -2.35. The van der Waals surface area contributed by atoms with Gasteiger partial charge in [0.05, 0.1) is 12.5 Å². The summed E-state index contributed by atoms with van der Waals surface area (Å²) in [5.41, 5.74) is 5.58. The molecule has 0 N–H and O–H groups in total. The van der Waals surface area contributed by atoms with Crippen molar-refractivity contribution in [2.24, 2.45) is 0 Å². The minimum atomic E-state index is -0.257. The summed E-state index contributed by atoms with van der Waals surface area (Å²) in [6.45, 7) is 4.37. The molecule has 2 heterocycles. The molecular formula is C23H24N2O2. The summed E-state index contributed by atoms with van der Waals surface area (Å²) in [4.78, 5) is 29.0. The van der Waals surface area contributed by atoms with E-state index in [2.05, 4.69) is 25.1 Å². The van der Waals surface area contributed by atoms with E-state index < -0.39 is 0 Å². The molecule has 1 unspecified atom stereocenters. The maximum atomic E-state index is 13.3. The number of hydrogen-bond acceptors (Lipinski definition) is 2. The molecule has 27 heavy (non-hydrogen) atoms. The number of carbonyl (C=O) groups is 2. The molecule has 0 saturated carbocycles. The number of rotatable bonds is 2. The summed E-state index contributed by atoms with van der Waals surface area (Å²) in [6, 6.07) is 14.0. The van der Waals surface area contributed by atoms with Crippen LogP contribution in [0.1, 0.15) is 48.1 Å². The van der Waals surface area contributed by atoms with E-state index in [-0.39, 0.29) is 24.3 Å². The van der Waals surface area contributed by atoms with Gasteiger partial charge < -0.3 is 9.80 Å². The zero-order valence-electron chi connectivity index (χ0n) is 15.8. The summed E-state index contributed by atoms with van der Waals surface area (Å²) in [7, 11) is 0. The lowest BCUT2D eigenvalue weighted by Crippen LogP contribution is -2.39. The average Bonchev–Trinajstić information content (AvgIpc) is 2.67. The van der Waals surface area contributed by atoms with Gasteiger partial charge in [0, 0.05) is 25.4 Å². The Bertz CT molecular complexity index is 932. The number of fused-ring (bicyclic) bond motifs is 2. The van der Waals surface area contributed by atoms with Gasteiger partial charge in [0.1, 0.15) is 0 Å². The van der Waals surface area contributed by atoms with Crippen molar-refractivity contribution in [3.8, 4) is 0 Å². The Hall–Kier alpha value is -2.88. The van der Waals surface area contributed by atoms with Crippen LogP contribution >= 0.6 is 0 Å². The van der Waals surface area contributed by atoms with Crippen molar-refractivity contribution in [3.05, 3.63) is 70.9 Å². The van der Waals surface area contributed by atoms with Crippen molar-refractivity contribution in [1.82, 2.24) is 4.90 Å². The van der Waals surface area contributed by atoms with Crippen molar-refractivity contribution in [2.75, 3.05) is 11.4 Å². The second kappa shape index (κ2) is 7.03. The van der Waals surface area contributed by atoms with Gasteiger partial charge in [-0.05, 0) is 48.6 Å². The van der Waals surface area contributed by atoms with Crippen LogP contribution in [0, 0.1) is 6.92 Å². The summed E-state index contributed by atoms with van der Waals surface area (Å²) in [5, 5.41) is 0. The minimum absolute atomic E-state index is 0.0479. The molecule has 138 valence electrons. The number of aryl methyl sites for hydroxylation is 2. The Labute approximate surface area is 160 Å². The van der Waals surface area contributed by atoms with Crippen molar-refractivity contribution < 1.29 is 9.59 Å². The highest BCUT2D eigenvalue weighted by atomic mass is 16.2. The molecule has 2 aliphatic heterocycles. The molecule has 0 spiro atoms. The molecule has 0 aliphatic carbocycles. The first-order chi connectivity index (χ1) is 13.0. The minimum Gasteiger partial charge on any atom is -0.312 e. The Morgan fingerprint density at radius 3 is 2.78 bits per heavy atom. The molecule has 0 bridgehead atoms. The maximum Gasteiger partial charge on any atom is 0.229 e. The molecule has 0 fully saturated rings. The number of carbonyl (C=O) groups excluding carboxylic acids is 2. The van der Waals surface area contributed by atoms with Gasteiger partial charge in [0.2, 0.25) is 11.8 Å². The smallest absolute Gasteiger partial charge is 0.229 e. The first-order valence-electron chi connectivity index (χ1n) is 9.50. The van der Waals surface area contributed by atoms with E-state index in [0.29, 0.717) is 0 Å². The van der Waals surface area contributed by atoms with Crippen LogP contribution in [-0.4, -0.2) is 23.3 Å². The third-order valence-electron chi connectivity index (χ3n) is 5.49. The molecule has 2 aromatic rings. The van der Waals surface area contributed by atoms with E-state index in [1.807, 2.05) is 35.2 Å². The number of amides is 2. The third kappa shape index (κ3) is 3.27. The topological polar surface area (TPSA) is 40.6 Å². The summed E-state index contributed by atoms with van der Waals surface area (Å²) in [6.07, 6.45) is 6.01. The van der Waals surface area contributed by atoms with Gasteiger partial charge in [-0.25, -0.2) is 0 Å². The van der Waals surface area contributed by atoms with Crippen LogP contribution in [0.2, 0.25) is 0 Å². The second-order valence-corrected chi connectivity index (χ2v) is 7.37. The van der Waals surface area contributed by atoms with E-state index in [9.17, 15) is 9.59 Å². The van der Waals surface area contributed by atoms with Gasteiger partial charge >= 0.3 is 0 Å². The van der Waals surface area contributed by atoms with Crippen LogP contribution in [0.3, 0.4) is 0 Å². The Morgan fingerprint density at radius 2 is 1.96 bits per heavy atom. The Balaban J connectivity index is 1.64.